The van der Waals surface area contributed by atoms with Gasteiger partial charge in [0.05, 0.1) is 17.3 Å². The number of fused-ring (bicyclic) bond motifs is 1. The highest BCUT2D eigenvalue weighted by Crippen LogP contribution is 2.29. The maximum absolute atomic E-state index is 13.3. The minimum Gasteiger partial charge on any atom is -0.354 e. The van der Waals surface area contributed by atoms with Crippen molar-refractivity contribution >= 4 is 22.8 Å². The fourth-order valence-corrected chi connectivity index (χ4v) is 5.86. The van der Waals surface area contributed by atoms with Crippen LogP contribution in [0.5, 0.6) is 0 Å². The molecule has 0 N–H and O–H groups in total. The van der Waals surface area contributed by atoms with E-state index in [2.05, 4.69) is 53.1 Å². The quantitative estimate of drug-likeness (QED) is 0.364. The van der Waals surface area contributed by atoms with Crippen LogP contribution < -0.4 is 4.90 Å². The average Bonchev–Trinajstić information content (AvgIpc) is 3.23. The Morgan fingerprint density at radius 3 is 2.45 bits per heavy atom. The van der Waals surface area contributed by atoms with Crippen LogP contribution in [0.15, 0.2) is 60.8 Å². The van der Waals surface area contributed by atoms with Crippen LogP contribution in [-0.4, -0.2) is 56.7 Å². The fraction of sp³-hybridized carbons (Fsp3) is 0.419. The molecule has 196 valence electrons. The third-order valence-electron chi connectivity index (χ3n) is 8.00. The predicted molar refractivity (Wildman–Crippen MR) is 151 cm³/mol. The third kappa shape index (κ3) is 5.15. The van der Waals surface area contributed by atoms with E-state index in [0.717, 1.165) is 73.8 Å². The standard InChI is InChI=1S/C31H36N6O/c1-23-13-15-24(16-14-23)21-28-33-29(27-22-32-37(30(27)34-28)26-11-6-3-7-12-26)35-17-8-18-36(20-19-35)31(38)25-9-4-2-5-10-25/h3,6-7,11-16,22,25H,2,4-5,8-10,17-21H2,1H3. The molecule has 3 heterocycles. The van der Waals surface area contributed by atoms with E-state index in [1.165, 1.54) is 30.4 Å². The number of amides is 1. The molecule has 2 aliphatic rings. The molecule has 0 spiro atoms. The van der Waals surface area contributed by atoms with E-state index in [-0.39, 0.29) is 5.92 Å². The number of carbonyl (C=O) groups excluding carboxylic acids is 1. The summed E-state index contributed by atoms with van der Waals surface area (Å²) in [5, 5.41) is 5.68. The summed E-state index contributed by atoms with van der Waals surface area (Å²) in [6.45, 7) is 5.29. The molecule has 1 amide bonds. The number of rotatable bonds is 5. The smallest absolute Gasteiger partial charge is 0.225 e. The molecule has 1 aliphatic carbocycles. The number of para-hydroxylation sites is 1. The summed E-state index contributed by atoms with van der Waals surface area (Å²) in [4.78, 5) is 27.8. The van der Waals surface area contributed by atoms with Crippen molar-refractivity contribution in [1.29, 1.82) is 0 Å². The second kappa shape index (κ2) is 10.9. The highest BCUT2D eigenvalue weighted by atomic mass is 16.2. The Labute approximate surface area is 224 Å². The molecule has 1 aliphatic heterocycles. The van der Waals surface area contributed by atoms with Crippen molar-refractivity contribution in [3.05, 3.63) is 77.7 Å². The molecular weight excluding hydrogens is 472 g/mol. The fourth-order valence-electron chi connectivity index (χ4n) is 5.86. The minimum atomic E-state index is 0.214. The third-order valence-corrected chi connectivity index (χ3v) is 8.00. The zero-order valence-corrected chi connectivity index (χ0v) is 22.2. The lowest BCUT2D eigenvalue weighted by atomic mass is 9.88. The summed E-state index contributed by atoms with van der Waals surface area (Å²) in [7, 11) is 0. The largest absolute Gasteiger partial charge is 0.354 e. The highest BCUT2D eigenvalue weighted by Gasteiger charge is 2.28. The van der Waals surface area contributed by atoms with Crippen molar-refractivity contribution in [1.82, 2.24) is 24.6 Å². The number of carbonyl (C=O) groups is 1. The Balaban J connectivity index is 1.32. The molecule has 2 aromatic heterocycles. The van der Waals surface area contributed by atoms with Gasteiger partial charge in [-0.15, -0.1) is 0 Å². The maximum atomic E-state index is 13.3. The van der Waals surface area contributed by atoms with Gasteiger partial charge in [0, 0.05) is 38.5 Å². The molecule has 6 rings (SSSR count). The van der Waals surface area contributed by atoms with Crippen molar-refractivity contribution in [2.24, 2.45) is 5.92 Å². The van der Waals surface area contributed by atoms with Crippen LogP contribution in [0.25, 0.3) is 16.7 Å². The van der Waals surface area contributed by atoms with Gasteiger partial charge in [-0.1, -0.05) is 67.3 Å². The van der Waals surface area contributed by atoms with Gasteiger partial charge in [-0.05, 0) is 43.9 Å². The van der Waals surface area contributed by atoms with Crippen LogP contribution in [0.3, 0.4) is 0 Å². The number of nitrogens with zero attached hydrogens (tertiary/aromatic N) is 6. The normalized spacial score (nSPS) is 17.1. The van der Waals surface area contributed by atoms with Crippen molar-refractivity contribution in [2.75, 3.05) is 31.1 Å². The molecule has 4 aromatic rings. The Morgan fingerprint density at radius 1 is 0.868 bits per heavy atom. The number of anilines is 1. The Kier molecular flexibility index (Phi) is 7.08. The molecule has 0 bridgehead atoms. The topological polar surface area (TPSA) is 67.2 Å². The van der Waals surface area contributed by atoms with Crippen LogP contribution in [0.4, 0.5) is 5.82 Å². The van der Waals surface area contributed by atoms with Crippen LogP contribution >= 0.6 is 0 Å². The van der Waals surface area contributed by atoms with Crippen molar-refractivity contribution in [3.63, 3.8) is 0 Å². The van der Waals surface area contributed by atoms with E-state index in [9.17, 15) is 4.79 Å². The molecule has 2 aromatic carbocycles. The van der Waals surface area contributed by atoms with Gasteiger partial charge in [-0.25, -0.2) is 14.6 Å². The first kappa shape index (κ1) is 24.6. The molecule has 7 nitrogen and oxygen atoms in total. The summed E-state index contributed by atoms with van der Waals surface area (Å²) >= 11 is 0. The van der Waals surface area contributed by atoms with E-state index < -0.39 is 0 Å². The summed E-state index contributed by atoms with van der Waals surface area (Å²) in [6, 6.07) is 18.7. The first-order chi connectivity index (χ1) is 18.7. The Morgan fingerprint density at radius 2 is 1.66 bits per heavy atom. The minimum absolute atomic E-state index is 0.214. The van der Waals surface area contributed by atoms with Gasteiger partial charge >= 0.3 is 0 Å². The summed E-state index contributed by atoms with van der Waals surface area (Å²) in [6.07, 6.45) is 9.22. The molecule has 0 unspecified atom stereocenters. The van der Waals surface area contributed by atoms with E-state index in [4.69, 9.17) is 15.1 Å². The Hall–Kier alpha value is -3.74. The van der Waals surface area contributed by atoms with E-state index in [1.54, 1.807) is 0 Å². The van der Waals surface area contributed by atoms with E-state index in [0.29, 0.717) is 12.3 Å². The molecule has 38 heavy (non-hydrogen) atoms. The molecule has 2 fully saturated rings. The monoisotopic (exact) mass is 508 g/mol. The number of aromatic nitrogens is 4. The SMILES string of the molecule is Cc1ccc(Cc2nc(N3CCCN(C(=O)C4CCCCC4)CC3)c3cnn(-c4ccccc4)c3n2)cc1. The lowest BCUT2D eigenvalue weighted by molar-refractivity contribution is -0.136. The van der Waals surface area contributed by atoms with Crippen LogP contribution in [-0.2, 0) is 11.2 Å². The lowest BCUT2D eigenvalue weighted by Gasteiger charge is -2.28. The summed E-state index contributed by atoms with van der Waals surface area (Å²) in [5.74, 6) is 2.28. The van der Waals surface area contributed by atoms with E-state index >= 15 is 0 Å². The molecular formula is C31H36N6O. The first-order valence-corrected chi connectivity index (χ1v) is 14.0. The van der Waals surface area contributed by atoms with Crippen molar-refractivity contribution < 1.29 is 4.79 Å². The number of hydrogen-bond acceptors (Lipinski definition) is 5. The average molecular weight is 509 g/mol. The van der Waals surface area contributed by atoms with Crippen molar-refractivity contribution in [3.8, 4) is 5.69 Å². The maximum Gasteiger partial charge on any atom is 0.225 e. The highest BCUT2D eigenvalue weighted by molar-refractivity contribution is 5.88. The second-order valence-electron chi connectivity index (χ2n) is 10.8. The molecule has 1 saturated heterocycles. The van der Waals surface area contributed by atoms with Gasteiger partial charge in [0.1, 0.15) is 11.6 Å². The number of benzene rings is 2. The van der Waals surface area contributed by atoms with Crippen molar-refractivity contribution in [2.45, 2.75) is 51.9 Å². The zero-order valence-electron chi connectivity index (χ0n) is 22.2. The molecule has 1 saturated carbocycles. The summed E-state index contributed by atoms with van der Waals surface area (Å²) in [5.41, 5.74) is 4.23. The summed E-state index contributed by atoms with van der Waals surface area (Å²) < 4.78 is 1.91. The first-order valence-electron chi connectivity index (χ1n) is 14.0. The van der Waals surface area contributed by atoms with Crippen LogP contribution in [0, 0.1) is 12.8 Å². The van der Waals surface area contributed by atoms with E-state index in [1.807, 2.05) is 29.1 Å². The predicted octanol–water partition coefficient (Wildman–Crippen LogP) is 5.33. The van der Waals surface area contributed by atoms with Gasteiger partial charge in [0.2, 0.25) is 5.91 Å². The van der Waals surface area contributed by atoms with Gasteiger partial charge in [0.15, 0.2) is 5.65 Å². The number of hydrogen-bond donors (Lipinski definition) is 0. The van der Waals surface area contributed by atoms with Gasteiger partial charge in [-0.3, -0.25) is 4.79 Å². The molecule has 0 radical (unpaired) electrons. The lowest BCUT2D eigenvalue weighted by Crippen LogP contribution is -2.39. The number of aryl methyl sites for hydroxylation is 1. The molecule has 0 atom stereocenters. The second-order valence-corrected chi connectivity index (χ2v) is 10.8. The molecule has 7 heteroatoms. The van der Waals surface area contributed by atoms with Crippen LogP contribution in [0.2, 0.25) is 0 Å². The van der Waals surface area contributed by atoms with Gasteiger partial charge in [-0.2, -0.15) is 5.10 Å². The van der Waals surface area contributed by atoms with Gasteiger partial charge < -0.3 is 9.80 Å². The van der Waals surface area contributed by atoms with Gasteiger partial charge in [0.25, 0.3) is 0 Å². The van der Waals surface area contributed by atoms with Crippen LogP contribution in [0.1, 0.15) is 55.5 Å². The Bertz CT molecular complexity index is 1390. The zero-order chi connectivity index (χ0) is 25.9.